The van der Waals surface area contributed by atoms with Gasteiger partial charge in [-0.15, -0.1) is 0 Å². The maximum absolute atomic E-state index is 4.88. The van der Waals surface area contributed by atoms with Crippen LogP contribution in [0.1, 0.15) is 78.6 Å². The Kier molecular flexibility index (Phi) is 7.31. The molecule has 1 unspecified atom stereocenters. The Labute approximate surface area is 137 Å². The van der Waals surface area contributed by atoms with E-state index in [4.69, 9.17) is 4.98 Å². The minimum absolute atomic E-state index is 0.345. The first-order valence-corrected chi connectivity index (χ1v) is 8.87. The number of anilines is 1. The molecule has 1 aromatic rings. The van der Waals surface area contributed by atoms with Crippen LogP contribution in [-0.2, 0) is 6.42 Å². The molecule has 126 valence electrons. The Bertz CT molecular complexity index is 448. The number of aryl methyl sites for hydroxylation is 2. The molecule has 0 fully saturated rings. The number of hydrogen-bond acceptors (Lipinski definition) is 3. The van der Waals surface area contributed by atoms with Crippen LogP contribution in [0, 0.1) is 12.3 Å². The highest BCUT2D eigenvalue weighted by Crippen LogP contribution is 2.25. The van der Waals surface area contributed by atoms with E-state index in [1.54, 1.807) is 0 Å². The van der Waals surface area contributed by atoms with Crippen molar-refractivity contribution in [3.8, 4) is 0 Å². The van der Waals surface area contributed by atoms with Crippen LogP contribution < -0.4 is 4.90 Å². The molecule has 0 aliphatic carbocycles. The van der Waals surface area contributed by atoms with Gasteiger partial charge in [-0.25, -0.2) is 9.97 Å². The zero-order chi connectivity index (χ0) is 16.8. The van der Waals surface area contributed by atoms with Gasteiger partial charge in [0.15, 0.2) is 0 Å². The Morgan fingerprint density at radius 1 is 1.18 bits per heavy atom. The van der Waals surface area contributed by atoms with Crippen LogP contribution in [0.2, 0.25) is 0 Å². The maximum atomic E-state index is 4.88. The second kappa shape index (κ2) is 8.50. The summed E-state index contributed by atoms with van der Waals surface area (Å²) in [5, 5.41) is 0. The molecule has 0 aliphatic heterocycles. The van der Waals surface area contributed by atoms with Gasteiger partial charge in [-0.3, -0.25) is 0 Å². The molecule has 0 N–H and O–H groups in total. The van der Waals surface area contributed by atoms with Gasteiger partial charge in [0.2, 0.25) is 0 Å². The van der Waals surface area contributed by atoms with Gasteiger partial charge < -0.3 is 4.90 Å². The fourth-order valence-electron chi connectivity index (χ4n) is 2.67. The third-order valence-corrected chi connectivity index (χ3v) is 4.08. The molecule has 1 aromatic heterocycles. The lowest BCUT2D eigenvalue weighted by molar-refractivity contribution is 0.370. The Hall–Kier alpha value is -1.12. The van der Waals surface area contributed by atoms with Crippen molar-refractivity contribution >= 4 is 5.82 Å². The molecule has 0 aliphatic rings. The van der Waals surface area contributed by atoms with E-state index in [-0.39, 0.29) is 0 Å². The summed E-state index contributed by atoms with van der Waals surface area (Å²) < 4.78 is 0. The smallest absolute Gasteiger partial charge is 0.135 e. The van der Waals surface area contributed by atoms with E-state index >= 15 is 0 Å². The summed E-state index contributed by atoms with van der Waals surface area (Å²) in [6.07, 6.45) is 7.64. The third-order valence-electron chi connectivity index (χ3n) is 4.08. The van der Waals surface area contributed by atoms with Crippen molar-refractivity contribution in [2.75, 3.05) is 11.4 Å². The molecule has 22 heavy (non-hydrogen) atoms. The predicted molar refractivity (Wildman–Crippen MR) is 96.6 cm³/mol. The quantitative estimate of drug-likeness (QED) is 0.663. The molecule has 0 amide bonds. The molecule has 0 aromatic carbocycles. The van der Waals surface area contributed by atoms with Crippen LogP contribution in [0.25, 0.3) is 0 Å². The van der Waals surface area contributed by atoms with E-state index in [1.165, 1.54) is 24.8 Å². The number of nitrogens with zero attached hydrogens (tertiary/aromatic N) is 3. The maximum Gasteiger partial charge on any atom is 0.135 e. The molecule has 1 atom stereocenters. The summed E-state index contributed by atoms with van der Waals surface area (Å²) >= 11 is 0. The van der Waals surface area contributed by atoms with Crippen molar-refractivity contribution < 1.29 is 0 Å². The Morgan fingerprint density at radius 2 is 1.86 bits per heavy atom. The first kappa shape index (κ1) is 18.9. The fourth-order valence-corrected chi connectivity index (χ4v) is 2.67. The van der Waals surface area contributed by atoms with E-state index in [9.17, 15) is 0 Å². The molecule has 0 spiro atoms. The van der Waals surface area contributed by atoms with Crippen molar-refractivity contribution in [3.63, 3.8) is 0 Å². The van der Waals surface area contributed by atoms with Crippen molar-refractivity contribution in [3.05, 3.63) is 17.6 Å². The minimum atomic E-state index is 0.345. The molecule has 0 saturated carbocycles. The van der Waals surface area contributed by atoms with Crippen LogP contribution in [0.3, 0.4) is 0 Å². The van der Waals surface area contributed by atoms with E-state index < -0.39 is 0 Å². The monoisotopic (exact) mass is 305 g/mol. The molecular weight excluding hydrogens is 270 g/mol. The molecular formula is C19H35N3. The summed E-state index contributed by atoms with van der Waals surface area (Å²) in [5.74, 6) is 2.12. The van der Waals surface area contributed by atoms with Crippen molar-refractivity contribution in [1.82, 2.24) is 9.97 Å². The van der Waals surface area contributed by atoms with E-state index in [2.05, 4.69) is 58.4 Å². The van der Waals surface area contributed by atoms with Gasteiger partial charge >= 0.3 is 0 Å². The summed E-state index contributed by atoms with van der Waals surface area (Å²) in [5.41, 5.74) is 1.54. The van der Waals surface area contributed by atoms with Gasteiger partial charge in [0.05, 0.1) is 0 Å². The standard InChI is InChI=1S/C19H35N3/c1-8-10-16(4)22(13-12-19(5,6)7)18-15(3)14-20-17(21-18)11-9-2/h14,16H,8-13H2,1-7H3. The SMILES string of the molecule is CCCc1ncc(C)c(N(CCC(C)(C)C)C(C)CCC)n1. The van der Waals surface area contributed by atoms with Crippen molar-refractivity contribution in [2.45, 2.75) is 86.6 Å². The van der Waals surface area contributed by atoms with Gasteiger partial charge in [-0.1, -0.05) is 41.0 Å². The third kappa shape index (κ3) is 5.94. The average Bonchev–Trinajstić information content (AvgIpc) is 2.41. The summed E-state index contributed by atoms with van der Waals surface area (Å²) in [6, 6.07) is 0.524. The van der Waals surface area contributed by atoms with Crippen LogP contribution >= 0.6 is 0 Å². The summed E-state index contributed by atoms with van der Waals surface area (Å²) in [6.45, 7) is 16.9. The van der Waals surface area contributed by atoms with Crippen LogP contribution in [0.4, 0.5) is 5.82 Å². The zero-order valence-corrected chi connectivity index (χ0v) is 15.7. The van der Waals surface area contributed by atoms with E-state index in [0.717, 1.165) is 31.0 Å². The van der Waals surface area contributed by atoms with Crippen LogP contribution in [0.15, 0.2) is 6.20 Å². The normalized spacial score (nSPS) is 13.2. The van der Waals surface area contributed by atoms with Crippen molar-refractivity contribution in [1.29, 1.82) is 0 Å². The van der Waals surface area contributed by atoms with Gasteiger partial charge in [-0.2, -0.15) is 0 Å². The lowest BCUT2D eigenvalue weighted by Crippen LogP contribution is -2.37. The van der Waals surface area contributed by atoms with Gasteiger partial charge in [0, 0.05) is 30.8 Å². The summed E-state index contributed by atoms with van der Waals surface area (Å²) in [4.78, 5) is 11.9. The average molecular weight is 306 g/mol. The number of rotatable bonds is 8. The minimum Gasteiger partial charge on any atom is -0.354 e. The number of hydrogen-bond donors (Lipinski definition) is 0. The molecule has 1 rings (SSSR count). The van der Waals surface area contributed by atoms with Crippen molar-refractivity contribution in [2.24, 2.45) is 5.41 Å². The van der Waals surface area contributed by atoms with Crippen LogP contribution in [-0.4, -0.2) is 22.6 Å². The van der Waals surface area contributed by atoms with Gasteiger partial charge in [0.25, 0.3) is 0 Å². The molecule has 0 radical (unpaired) electrons. The lowest BCUT2D eigenvalue weighted by atomic mass is 9.91. The first-order valence-electron chi connectivity index (χ1n) is 8.87. The predicted octanol–water partition coefficient (Wildman–Crippen LogP) is 5.17. The first-order chi connectivity index (χ1) is 10.3. The fraction of sp³-hybridized carbons (Fsp3) is 0.789. The lowest BCUT2D eigenvalue weighted by Gasteiger charge is -2.34. The molecule has 3 nitrogen and oxygen atoms in total. The highest BCUT2D eigenvalue weighted by molar-refractivity contribution is 5.46. The van der Waals surface area contributed by atoms with E-state index in [1.807, 2.05) is 6.20 Å². The second-order valence-corrected chi connectivity index (χ2v) is 7.68. The zero-order valence-electron chi connectivity index (χ0n) is 15.7. The van der Waals surface area contributed by atoms with Gasteiger partial charge in [0.1, 0.15) is 11.6 Å². The molecule has 0 saturated heterocycles. The number of aromatic nitrogens is 2. The Balaban J connectivity index is 3.05. The summed E-state index contributed by atoms with van der Waals surface area (Å²) in [7, 11) is 0. The van der Waals surface area contributed by atoms with Crippen LogP contribution in [0.5, 0.6) is 0 Å². The Morgan fingerprint density at radius 3 is 2.41 bits per heavy atom. The molecule has 3 heteroatoms. The molecule has 1 heterocycles. The molecule has 0 bridgehead atoms. The highest BCUT2D eigenvalue weighted by Gasteiger charge is 2.21. The largest absolute Gasteiger partial charge is 0.354 e. The second-order valence-electron chi connectivity index (χ2n) is 7.68. The van der Waals surface area contributed by atoms with E-state index in [0.29, 0.717) is 11.5 Å². The highest BCUT2D eigenvalue weighted by atomic mass is 15.2. The topological polar surface area (TPSA) is 29.0 Å². The van der Waals surface area contributed by atoms with Gasteiger partial charge in [-0.05, 0) is 38.5 Å².